The minimum absolute atomic E-state index is 0.434. The molecule has 2 aliphatic rings. The van der Waals surface area contributed by atoms with Gasteiger partial charge in [-0.15, -0.1) is 0 Å². The van der Waals surface area contributed by atoms with Gasteiger partial charge in [0.2, 0.25) is 0 Å². The molecule has 0 aromatic rings. The van der Waals surface area contributed by atoms with E-state index in [0.29, 0.717) is 18.5 Å². The molecule has 19 heavy (non-hydrogen) atoms. The molecule has 2 aliphatic carbocycles. The molecule has 110 valence electrons. The number of nitrogens with one attached hydrogen (secondary N) is 1. The summed E-state index contributed by atoms with van der Waals surface area (Å²) in [6, 6.07) is 1.08. The Balaban J connectivity index is 1.73. The van der Waals surface area contributed by atoms with Crippen molar-refractivity contribution in [1.29, 1.82) is 0 Å². The Hall–Kier alpha value is -0.610. The van der Waals surface area contributed by atoms with E-state index in [9.17, 15) is 9.90 Å². The predicted octanol–water partition coefficient (Wildman–Crippen LogP) is 2.09. The van der Waals surface area contributed by atoms with E-state index in [4.69, 9.17) is 0 Å². The molecule has 0 saturated heterocycles. The van der Waals surface area contributed by atoms with Crippen LogP contribution in [-0.2, 0) is 4.79 Å². The van der Waals surface area contributed by atoms with Gasteiger partial charge in [0.25, 0.3) is 0 Å². The number of hydrogen-bond donors (Lipinski definition) is 2. The van der Waals surface area contributed by atoms with Gasteiger partial charge in [-0.1, -0.05) is 0 Å². The highest BCUT2D eigenvalue weighted by Crippen LogP contribution is 2.34. The monoisotopic (exact) mass is 268 g/mol. The number of nitrogens with zero attached hydrogens (tertiary/aromatic N) is 1. The van der Waals surface area contributed by atoms with Crippen LogP contribution < -0.4 is 5.32 Å². The topological polar surface area (TPSA) is 52.6 Å². The van der Waals surface area contributed by atoms with Gasteiger partial charge >= 0.3 is 5.97 Å². The molecule has 2 rings (SSSR count). The summed E-state index contributed by atoms with van der Waals surface area (Å²) in [6.45, 7) is 5.11. The first-order valence-corrected chi connectivity index (χ1v) is 7.64. The molecule has 2 fully saturated rings. The Kier molecular flexibility index (Phi) is 4.51. The molecule has 0 aromatic carbocycles. The van der Waals surface area contributed by atoms with Gasteiger partial charge in [0.15, 0.2) is 0 Å². The molecule has 4 heteroatoms. The minimum Gasteiger partial charge on any atom is -0.480 e. The first-order valence-electron chi connectivity index (χ1n) is 7.64. The van der Waals surface area contributed by atoms with Crippen LogP contribution in [0.4, 0.5) is 0 Å². The van der Waals surface area contributed by atoms with Crippen LogP contribution in [0.5, 0.6) is 0 Å². The van der Waals surface area contributed by atoms with Gasteiger partial charge in [-0.05, 0) is 71.9 Å². The number of hydrogen-bond acceptors (Lipinski definition) is 3. The van der Waals surface area contributed by atoms with Crippen LogP contribution >= 0.6 is 0 Å². The van der Waals surface area contributed by atoms with Gasteiger partial charge in [0, 0.05) is 12.1 Å². The zero-order valence-electron chi connectivity index (χ0n) is 12.5. The van der Waals surface area contributed by atoms with Crippen molar-refractivity contribution >= 4 is 5.97 Å². The summed E-state index contributed by atoms with van der Waals surface area (Å²) in [7, 11) is 2.16. The Morgan fingerprint density at radius 3 is 2.53 bits per heavy atom. The third kappa shape index (κ3) is 4.18. The Labute approximate surface area is 116 Å². The highest BCUT2D eigenvalue weighted by Gasteiger charge is 2.38. The molecule has 4 nitrogen and oxygen atoms in total. The van der Waals surface area contributed by atoms with Crippen molar-refractivity contribution in [2.24, 2.45) is 5.92 Å². The number of aliphatic carboxylic acids is 1. The summed E-state index contributed by atoms with van der Waals surface area (Å²) in [4.78, 5) is 13.8. The Morgan fingerprint density at radius 2 is 2.05 bits per heavy atom. The third-order valence-corrected chi connectivity index (χ3v) is 4.76. The van der Waals surface area contributed by atoms with Crippen molar-refractivity contribution in [3.05, 3.63) is 0 Å². The second kappa shape index (κ2) is 5.80. The lowest BCUT2D eigenvalue weighted by Gasteiger charge is -2.29. The van der Waals surface area contributed by atoms with E-state index in [1.54, 1.807) is 0 Å². The fourth-order valence-electron chi connectivity index (χ4n) is 2.74. The van der Waals surface area contributed by atoms with Crippen LogP contribution in [0.1, 0.15) is 52.4 Å². The predicted molar refractivity (Wildman–Crippen MR) is 76.2 cm³/mol. The molecule has 0 bridgehead atoms. The molecule has 2 unspecified atom stereocenters. The average Bonchev–Trinajstić information content (AvgIpc) is 3.21. The van der Waals surface area contributed by atoms with Gasteiger partial charge in [0.1, 0.15) is 5.54 Å². The zero-order chi connectivity index (χ0) is 14.0. The molecule has 2 atom stereocenters. The molecule has 0 aromatic heterocycles. The molecule has 0 aliphatic heterocycles. The number of carboxylic acids is 1. The second-order valence-corrected chi connectivity index (χ2v) is 6.72. The van der Waals surface area contributed by atoms with Gasteiger partial charge in [-0.3, -0.25) is 10.1 Å². The summed E-state index contributed by atoms with van der Waals surface area (Å²) in [6.07, 6.45) is 6.63. The summed E-state index contributed by atoms with van der Waals surface area (Å²) in [5.74, 6) is 0.165. The highest BCUT2D eigenvalue weighted by atomic mass is 16.4. The largest absolute Gasteiger partial charge is 0.480 e. The van der Waals surface area contributed by atoms with E-state index in [0.717, 1.165) is 31.7 Å². The van der Waals surface area contributed by atoms with Gasteiger partial charge in [-0.2, -0.15) is 0 Å². The lowest BCUT2D eigenvalue weighted by atomic mass is 9.95. The first-order chi connectivity index (χ1) is 8.92. The third-order valence-electron chi connectivity index (χ3n) is 4.76. The molecule has 2 saturated carbocycles. The van der Waals surface area contributed by atoms with E-state index in [-0.39, 0.29) is 0 Å². The van der Waals surface area contributed by atoms with E-state index in [1.165, 1.54) is 12.8 Å². The molecule has 0 spiro atoms. The minimum atomic E-state index is -0.745. The smallest absolute Gasteiger partial charge is 0.323 e. The van der Waals surface area contributed by atoms with Crippen molar-refractivity contribution in [3.63, 3.8) is 0 Å². The maximum atomic E-state index is 11.4. The Bertz CT molecular complexity index is 326. The van der Waals surface area contributed by atoms with Gasteiger partial charge < -0.3 is 10.0 Å². The van der Waals surface area contributed by atoms with Crippen LogP contribution in [0.25, 0.3) is 0 Å². The normalized spacial score (nSPS) is 24.2. The van der Waals surface area contributed by atoms with Crippen molar-refractivity contribution in [2.45, 2.75) is 70.0 Å². The van der Waals surface area contributed by atoms with Crippen LogP contribution in [0.3, 0.4) is 0 Å². The zero-order valence-corrected chi connectivity index (χ0v) is 12.5. The summed E-state index contributed by atoms with van der Waals surface area (Å²) < 4.78 is 0. The lowest BCUT2D eigenvalue weighted by molar-refractivity contribution is -0.144. The van der Waals surface area contributed by atoms with Crippen molar-refractivity contribution in [2.75, 3.05) is 13.6 Å². The van der Waals surface area contributed by atoms with E-state index >= 15 is 0 Å². The van der Waals surface area contributed by atoms with Crippen LogP contribution in [0, 0.1) is 5.92 Å². The number of carboxylic acid groups (broad SMARTS) is 1. The maximum Gasteiger partial charge on any atom is 0.323 e. The van der Waals surface area contributed by atoms with Crippen LogP contribution in [0.15, 0.2) is 0 Å². The lowest BCUT2D eigenvalue weighted by Crippen LogP contribution is -2.51. The van der Waals surface area contributed by atoms with E-state index in [1.807, 2.05) is 6.92 Å². The molecule has 0 radical (unpaired) electrons. The fraction of sp³-hybridized carbons (Fsp3) is 0.933. The molecular weight excluding hydrogens is 240 g/mol. The fourth-order valence-corrected chi connectivity index (χ4v) is 2.74. The van der Waals surface area contributed by atoms with E-state index < -0.39 is 11.5 Å². The summed E-state index contributed by atoms with van der Waals surface area (Å²) in [5, 5.41) is 12.7. The van der Waals surface area contributed by atoms with E-state index in [2.05, 4.69) is 24.2 Å². The number of carbonyl (C=O) groups is 1. The second-order valence-electron chi connectivity index (χ2n) is 6.72. The molecule has 0 amide bonds. The van der Waals surface area contributed by atoms with Crippen molar-refractivity contribution < 1.29 is 9.90 Å². The van der Waals surface area contributed by atoms with Gasteiger partial charge in [-0.25, -0.2) is 0 Å². The average molecular weight is 268 g/mol. The summed E-state index contributed by atoms with van der Waals surface area (Å²) >= 11 is 0. The van der Waals surface area contributed by atoms with Gasteiger partial charge in [0.05, 0.1) is 0 Å². The van der Waals surface area contributed by atoms with Crippen LogP contribution in [0.2, 0.25) is 0 Å². The van der Waals surface area contributed by atoms with Crippen molar-refractivity contribution in [1.82, 2.24) is 10.2 Å². The summed E-state index contributed by atoms with van der Waals surface area (Å²) in [5.41, 5.74) is -0.745. The molecule has 0 heterocycles. The molecule has 2 N–H and O–H groups in total. The quantitative estimate of drug-likeness (QED) is 0.672. The SMILES string of the molecule is CC(C1CC1)N(C)CCCC(C)(NC1CC1)C(=O)O. The Morgan fingerprint density at radius 1 is 1.42 bits per heavy atom. The standard InChI is InChI=1S/C15H28N2O2/c1-11(12-5-6-12)17(3)10-4-9-15(2,14(18)19)16-13-7-8-13/h11-13,16H,4-10H2,1-3H3,(H,18,19). The van der Waals surface area contributed by atoms with Crippen LogP contribution in [-0.4, -0.2) is 47.2 Å². The highest BCUT2D eigenvalue weighted by molar-refractivity contribution is 5.78. The van der Waals surface area contributed by atoms with Crippen molar-refractivity contribution in [3.8, 4) is 0 Å². The first kappa shape index (κ1) is 14.8. The molecular formula is C15H28N2O2. The maximum absolute atomic E-state index is 11.4. The number of rotatable bonds is 9.